The Morgan fingerprint density at radius 1 is 1.13 bits per heavy atom. The quantitative estimate of drug-likeness (QED) is 0.533. The van der Waals surface area contributed by atoms with Crippen molar-refractivity contribution in [2.24, 2.45) is 0 Å². The number of hydrogen-bond acceptors (Lipinski definition) is 4. The fraction of sp³-hybridized carbons (Fsp3) is 0.269. The summed E-state index contributed by atoms with van der Waals surface area (Å²) in [6, 6.07) is 18.1. The van der Waals surface area contributed by atoms with Gasteiger partial charge in [0, 0.05) is 5.39 Å². The van der Waals surface area contributed by atoms with Crippen molar-refractivity contribution in [1.82, 2.24) is 4.98 Å². The summed E-state index contributed by atoms with van der Waals surface area (Å²) < 4.78 is 5.16. The van der Waals surface area contributed by atoms with Crippen molar-refractivity contribution in [3.63, 3.8) is 0 Å². The van der Waals surface area contributed by atoms with Crippen LogP contribution in [0.5, 0.6) is 0 Å². The van der Waals surface area contributed by atoms with Gasteiger partial charge in [-0.2, -0.15) is 5.26 Å². The monoisotopic (exact) mass is 396 g/mol. The van der Waals surface area contributed by atoms with Crippen molar-refractivity contribution in [2.45, 2.75) is 39.0 Å². The Bertz CT molecular complexity index is 1190. The van der Waals surface area contributed by atoms with E-state index in [4.69, 9.17) is 15.0 Å². The lowest BCUT2D eigenvalue weighted by atomic mass is 9.86. The number of nitriles is 1. The van der Waals surface area contributed by atoms with E-state index in [1.807, 2.05) is 30.3 Å². The van der Waals surface area contributed by atoms with Crippen LogP contribution in [0.3, 0.4) is 0 Å². The average molecular weight is 396 g/mol. The summed E-state index contributed by atoms with van der Waals surface area (Å²) in [5, 5.41) is 9.57. The second kappa shape index (κ2) is 7.76. The summed E-state index contributed by atoms with van der Waals surface area (Å²) in [4.78, 5) is 17.6. The molecule has 0 N–H and O–H groups in total. The van der Waals surface area contributed by atoms with E-state index in [-0.39, 0.29) is 12.0 Å². The third-order valence-corrected chi connectivity index (χ3v) is 5.53. The predicted molar refractivity (Wildman–Crippen MR) is 119 cm³/mol. The molecule has 1 heterocycles. The van der Waals surface area contributed by atoms with Gasteiger partial charge in [-0.1, -0.05) is 63.2 Å². The number of ether oxygens (including phenoxy) is 1. The van der Waals surface area contributed by atoms with Gasteiger partial charge in [-0.15, -0.1) is 0 Å². The number of aromatic nitrogens is 1. The number of rotatable bonds is 3. The van der Waals surface area contributed by atoms with Crippen LogP contribution in [0.4, 0.5) is 0 Å². The smallest absolute Gasteiger partial charge is 0.340 e. The van der Waals surface area contributed by atoms with Crippen LogP contribution in [0.15, 0.2) is 48.5 Å². The molecule has 0 saturated carbocycles. The average Bonchev–Trinajstić information content (AvgIpc) is 3.12. The maximum absolute atomic E-state index is 12.8. The molecule has 0 amide bonds. The number of nitrogens with zero attached hydrogens (tertiary/aromatic N) is 2. The van der Waals surface area contributed by atoms with E-state index in [9.17, 15) is 4.79 Å². The molecular weight excluding hydrogens is 372 g/mol. The number of fused-ring (bicyclic) bond motifs is 2. The zero-order chi connectivity index (χ0) is 21.3. The Morgan fingerprint density at radius 3 is 2.57 bits per heavy atom. The van der Waals surface area contributed by atoms with Crippen LogP contribution < -0.4 is 0 Å². The highest BCUT2D eigenvalue weighted by molar-refractivity contribution is 6.07. The molecule has 0 atom stereocenters. The number of allylic oxidation sites excluding steroid dienone is 1. The van der Waals surface area contributed by atoms with Gasteiger partial charge in [0.1, 0.15) is 6.07 Å². The lowest BCUT2D eigenvalue weighted by molar-refractivity contribution is 0.0556. The van der Waals surface area contributed by atoms with Crippen LogP contribution in [-0.2, 0) is 16.6 Å². The Morgan fingerprint density at radius 2 is 1.87 bits per heavy atom. The lowest BCUT2D eigenvalue weighted by Crippen LogP contribution is -2.10. The van der Waals surface area contributed by atoms with E-state index in [0.29, 0.717) is 5.56 Å². The largest absolute Gasteiger partial charge is 0.447 e. The van der Waals surface area contributed by atoms with E-state index in [2.05, 4.69) is 51.1 Å². The molecule has 0 radical (unpaired) electrons. The molecule has 1 aliphatic rings. The zero-order valence-electron chi connectivity index (χ0n) is 17.5. The Labute approximate surface area is 176 Å². The minimum absolute atomic E-state index is 0.116. The standard InChI is InChI=1S/C26H24N2O2/c1-26(2,3)19-11-8-17(9-12-19)16-18-10-13-21-23(25(29)30-15-14-27)20-6-4-5-7-22(20)28-24(18)21/h4-9,11-12,16H,10,13,15H2,1-3H3. The molecule has 2 aromatic carbocycles. The number of pyridine rings is 1. The van der Waals surface area contributed by atoms with Crippen molar-refractivity contribution in [2.75, 3.05) is 6.61 Å². The van der Waals surface area contributed by atoms with Crippen LogP contribution in [-0.4, -0.2) is 17.6 Å². The van der Waals surface area contributed by atoms with Gasteiger partial charge in [-0.05, 0) is 52.7 Å². The van der Waals surface area contributed by atoms with Crippen LogP contribution in [0.2, 0.25) is 0 Å². The second-order valence-corrected chi connectivity index (χ2v) is 8.61. The van der Waals surface area contributed by atoms with Crippen molar-refractivity contribution >= 4 is 28.5 Å². The highest BCUT2D eigenvalue weighted by Gasteiger charge is 2.27. The first-order valence-electron chi connectivity index (χ1n) is 10.2. The van der Waals surface area contributed by atoms with Crippen LogP contribution in [0.1, 0.15) is 59.9 Å². The summed E-state index contributed by atoms with van der Waals surface area (Å²) in [6.45, 7) is 6.36. The summed E-state index contributed by atoms with van der Waals surface area (Å²) in [6.07, 6.45) is 3.71. The molecule has 0 fully saturated rings. The normalized spacial score (nSPS) is 14.5. The molecule has 3 aromatic rings. The molecule has 1 aliphatic carbocycles. The second-order valence-electron chi connectivity index (χ2n) is 8.61. The molecule has 1 aromatic heterocycles. The molecule has 4 heteroatoms. The van der Waals surface area contributed by atoms with E-state index in [1.165, 1.54) is 5.56 Å². The SMILES string of the molecule is CC(C)(C)c1ccc(C=C2CCc3c2nc2ccccc2c3C(=O)OCC#N)cc1. The first kappa shape index (κ1) is 19.8. The Balaban J connectivity index is 1.79. The van der Waals surface area contributed by atoms with E-state index >= 15 is 0 Å². The van der Waals surface area contributed by atoms with Crippen molar-refractivity contribution in [3.8, 4) is 6.07 Å². The Hall–Kier alpha value is -3.45. The summed E-state index contributed by atoms with van der Waals surface area (Å²) in [5.41, 5.74) is 6.72. The lowest BCUT2D eigenvalue weighted by Gasteiger charge is -2.18. The van der Waals surface area contributed by atoms with Crippen LogP contribution in [0.25, 0.3) is 22.6 Å². The third-order valence-electron chi connectivity index (χ3n) is 5.53. The highest BCUT2D eigenvalue weighted by Crippen LogP contribution is 2.38. The summed E-state index contributed by atoms with van der Waals surface area (Å²) >= 11 is 0. The Kier molecular flexibility index (Phi) is 5.13. The van der Waals surface area contributed by atoms with Gasteiger partial charge in [0.05, 0.1) is 16.8 Å². The molecule has 0 unspecified atom stereocenters. The van der Waals surface area contributed by atoms with E-state index < -0.39 is 5.97 Å². The molecule has 4 rings (SSSR count). The van der Waals surface area contributed by atoms with E-state index in [1.54, 1.807) is 0 Å². The van der Waals surface area contributed by atoms with Gasteiger partial charge in [0.15, 0.2) is 6.61 Å². The zero-order valence-corrected chi connectivity index (χ0v) is 17.5. The number of hydrogen-bond donors (Lipinski definition) is 0. The van der Waals surface area contributed by atoms with Crippen LogP contribution in [0, 0.1) is 11.3 Å². The van der Waals surface area contributed by atoms with Gasteiger partial charge in [0.25, 0.3) is 0 Å². The third kappa shape index (κ3) is 3.71. The number of carbonyl (C=O) groups excluding carboxylic acids is 1. The first-order chi connectivity index (χ1) is 14.4. The molecule has 0 spiro atoms. The van der Waals surface area contributed by atoms with Gasteiger partial charge >= 0.3 is 5.97 Å². The minimum atomic E-state index is -0.456. The fourth-order valence-corrected chi connectivity index (χ4v) is 3.96. The maximum Gasteiger partial charge on any atom is 0.340 e. The summed E-state index contributed by atoms with van der Waals surface area (Å²) in [7, 11) is 0. The topological polar surface area (TPSA) is 63.0 Å². The molecule has 4 nitrogen and oxygen atoms in total. The molecule has 0 aliphatic heterocycles. The van der Waals surface area contributed by atoms with Gasteiger partial charge in [-0.25, -0.2) is 9.78 Å². The number of esters is 1. The number of para-hydroxylation sites is 1. The number of carbonyl (C=O) groups is 1. The van der Waals surface area contributed by atoms with Crippen LogP contribution >= 0.6 is 0 Å². The number of benzene rings is 2. The van der Waals surface area contributed by atoms with Crippen molar-refractivity contribution < 1.29 is 9.53 Å². The van der Waals surface area contributed by atoms with E-state index in [0.717, 1.165) is 46.1 Å². The molecule has 0 bridgehead atoms. The molecular formula is C26H24N2O2. The van der Waals surface area contributed by atoms with Gasteiger partial charge < -0.3 is 4.74 Å². The predicted octanol–water partition coefficient (Wildman–Crippen LogP) is 5.70. The minimum Gasteiger partial charge on any atom is -0.447 e. The summed E-state index contributed by atoms with van der Waals surface area (Å²) in [5.74, 6) is -0.456. The molecule has 0 saturated heterocycles. The fourth-order valence-electron chi connectivity index (χ4n) is 3.96. The highest BCUT2D eigenvalue weighted by atomic mass is 16.5. The first-order valence-corrected chi connectivity index (χ1v) is 10.2. The molecule has 30 heavy (non-hydrogen) atoms. The van der Waals surface area contributed by atoms with Gasteiger partial charge in [0.2, 0.25) is 0 Å². The van der Waals surface area contributed by atoms with Crippen molar-refractivity contribution in [1.29, 1.82) is 5.26 Å². The molecule has 150 valence electrons. The van der Waals surface area contributed by atoms with Crippen molar-refractivity contribution in [3.05, 3.63) is 76.5 Å². The maximum atomic E-state index is 12.8. The van der Waals surface area contributed by atoms with Gasteiger partial charge in [-0.3, -0.25) is 0 Å².